The average molecular weight is 912 g/mol. The molecule has 0 saturated carbocycles. The van der Waals surface area contributed by atoms with Crippen LogP contribution in [0.15, 0.2) is 152 Å². The summed E-state index contributed by atoms with van der Waals surface area (Å²) in [5, 5.41) is 32.3. The zero-order chi connectivity index (χ0) is 37.7. The van der Waals surface area contributed by atoms with Crippen LogP contribution in [0.3, 0.4) is 0 Å². The molecule has 1 N–H and O–H groups in total. The minimum Gasteiger partial charge on any atom is -0.554 e. The van der Waals surface area contributed by atoms with Gasteiger partial charge in [-0.1, -0.05) is 113 Å². The van der Waals surface area contributed by atoms with E-state index >= 15 is 0 Å². The summed E-state index contributed by atoms with van der Waals surface area (Å²) in [5.74, 6) is 1.60. The van der Waals surface area contributed by atoms with Crippen LogP contribution >= 0.6 is 0 Å². The van der Waals surface area contributed by atoms with E-state index in [1.807, 2.05) is 140 Å². The topological polar surface area (TPSA) is 113 Å². The summed E-state index contributed by atoms with van der Waals surface area (Å²) >= 11 is 0. The third kappa shape index (κ3) is 7.54. The van der Waals surface area contributed by atoms with E-state index in [2.05, 4.69) is 44.1 Å². The molecule has 0 unspecified atom stereocenters. The molecule has 0 spiro atoms. The van der Waals surface area contributed by atoms with Gasteiger partial charge in [0.15, 0.2) is 0 Å². The second-order valence-electron chi connectivity index (χ2n) is 12.3. The van der Waals surface area contributed by atoms with Crippen molar-refractivity contribution in [1.29, 1.82) is 0 Å². The van der Waals surface area contributed by atoms with Crippen molar-refractivity contribution in [3.8, 4) is 22.9 Å². The quantitative estimate of drug-likeness (QED) is 0.134. The van der Waals surface area contributed by atoms with Gasteiger partial charge in [-0.3, -0.25) is 0 Å². The summed E-state index contributed by atoms with van der Waals surface area (Å²) in [4.78, 5) is 7.49. The van der Waals surface area contributed by atoms with Crippen LogP contribution in [0.5, 0.6) is 11.5 Å². The van der Waals surface area contributed by atoms with Crippen molar-refractivity contribution < 1.29 is 34.7 Å². The number of para-hydroxylation sites is 1. The van der Waals surface area contributed by atoms with E-state index in [0.29, 0.717) is 5.69 Å². The van der Waals surface area contributed by atoms with Crippen molar-refractivity contribution >= 4 is 60.3 Å². The number of methoxy groups -OCH3 is 2. The first-order chi connectivity index (χ1) is 27.0. The molecule has 56 heavy (non-hydrogen) atoms. The first-order valence-corrected chi connectivity index (χ1v) is 17.3. The molecular weight excluding hydrogens is 879 g/mol. The van der Waals surface area contributed by atoms with Crippen LogP contribution in [-0.4, -0.2) is 54.3 Å². The molecule has 0 atom stereocenters. The van der Waals surface area contributed by atoms with Crippen LogP contribution in [-0.2, 0) is 20.1 Å². The predicted octanol–water partition coefficient (Wildman–Crippen LogP) is 9.53. The molecule has 0 saturated heterocycles. The van der Waals surface area contributed by atoms with E-state index in [4.69, 9.17) is 14.6 Å². The van der Waals surface area contributed by atoms with Crippen molar-refractivity contribution in [2.45, 2.75) is 0 Å². The summed E-state index contributed by atoms with van der Waals surface area (Å²) in [6.45, 7) is 3.43. The normalized spacial score (nSPS) is 10.7. The van der Waals surface area contributed by atoms with Gasteiger partial charge in [-0.25, -0.2) is 4.98 Å². The van der Waals surface area contributed by atoms with Gasteiger partial charge in [0.25, 0.3) is 0 Å². The minimum atomic E-state index is 0. The van der Waals surface area contributed by atoms with Gasteiger partial charge in [-0.15, -0.1) is 24.3 Å². The molecule has 7 aromatic carbocycles. The second-order valence-corrected chi connectivity index (χ2v) is 12.3. The Balaban J connectivity index is 0.000000132. The number of pyridine rings is 1. The zero-order valence-electron chi connectivity index (χ0n) is 30.3. The van der Waals surface area contributed by atoms with Crippen LogP contribution in [0.4, 0.5) is 0 Å². The Hall–Kier alpha value is -6.94. The second kappa shape index (κ2) is 16.6. The van der Waals surface area contributed by atoms with Gasteiger partial charge in [0.05, 0.1) is 19.7 Å². The number of hydrogen-bond acceptors (Lipinski definition) is 8. The van der Waals surface area contributed by atoms with Crippen molar-refractivity contribution in [1.82, 2.24) is 35.0 Å². The molecule has 0 bridgehead atoms. The first kappa shape index (κ1) is 37.4. The summed E-state index contributed by atoms with van der Waals surface area (Å²) in [7, 11) is 3.32. The fourth-order valence-corrected chi connectivity index (χ4v) is 6.20. The largest absolute Gasteiger partial charge is 0.554 e. The van der Waals surface area contributed by atoms with Crippen LogP contribution in [0, 0.1) is 12.1 Å². The molecule has 0 aliphatic heterocycles. The molecule has 10 aromatic rings. The Bertz CT molecular complexity index is 2750. The maximum atomic E-state index is 9.13. The number of hydrogen-bond donors (Lipinski definition) is 1. The number of aliphatic hydroxyl groups is 1. The molecule has 10 nitrogen and oxygen atoms in total. The van der Waals surface area contributed by atoms with E-state index in [9.17, 15) is 0 Å². The molecule has 11 heteroatoms. The van der Waals surface area contributed by atoms with Gasteiger partial charge in [0.1, 0.15) is 33.5 Å². The standard InChI is InChI=1S/2C17H12N3O.C11H9NO.Ir/c2*1-21-17-11-10-16(12-6-2-3-7-13(12)17)20-18-14-8-4-5-9-15(14)19-20;1-8(13)10-7-6-9-4-2-3-5-11(9)12-10;/h2*2-9,11H,1H3;2-7,13H,1H2;/q2*-1;;. The molecule has 0 aliphatic rings. The van der Waals surface area contributed by atoms with Crippen molar-refractivity contribution in [3.05, 3.63) is 170 Å². The predicted molar refractivity (Wildman–Crippen MR) is 217 cm³/mol. The molecular formula is C45H33IrN7O3-2. The number of ether oxygens (including phenoxy) is 2. The molecule has 3 heterocycles. The molecule has 277 valence electrons. The summed E-state index contributed by atoms with van der Waals surface area (Å²) in [6.07, 6.45) is 0. The Morgan fingerprint density at radius 1 is 0.518 bits per heavy atom. The van der Waals surface area contributed by atoms with Crippen LogP contribution in [0.1, 0.15) is 5.69 Å². The third-order valence-corrected chi connectivity index (χ3v) is 8.88. The van der Waals surface area contributed by atoms with E-state index in [0.717, 1.165) is 77.4 Å². The number of nitrogens with zero attached hydrogens (tertiary/aromatic N) is 7. The maximum Gasteiger partial charge on any atom is 0.134 e. The fourth-order valence-electron chi connectivity index (χ4n) is 6.20. The number of aromatic nitrogens is 7. The molecule has 3 aromatic heterocycles. The molecule has 0 fully saturated rings. The molecule has 0 amide bonds. The SMILES string of the molecule is C=C(O)c1ccc2ccccc2n1.COc1c[c-]c(-n2nc3ccccc3n2)c2ccccc12.COc1c[c-]c(-n2nc3ccccc3n2)c2ccccc12.[Ir]. The number of aliphatic hydroxyl groups excluding tert-OH is 1. The average Bonchev–Trinajstić information content (AvgIpc) is 3.88. The summed E-state index contributed by atoms with van der Waals surface area (Å²) in [5.41, 5.74) is 6.51. The number of fused-ring (bicyclic) bond motifs is 5. The third-order valence-electron chi connectivity index (χ3n) is 8.88. The molecule has 10 rings (SSSR count). The number of benzene rings is 7. The van der Waals surface area contributed by atoms with Crippen molar-refractivity contribution in [2.24, 2.45) is 0 Å². The van der Waals surface area contributed by atoms with Crippen molar-refractivity contribution in [2.75, 3.05) is 14.2 Å². The van der Waals surface area contributed by atoms with Gasteiger partial charge >= 0.3 is 0 Å². The number of rotatable bonds is 5. The Labute approximate surface area is 335 Å². The Morgan fingerprint density at radius 3 is 1.30 bits per heavy atom. The molecule has 0 aliphatic carbocycles. The van der Waals surface area contributed by atoms with Crippen LogP contribution < -0.4 is 9.47 Å². The Morgan fingerprint density at radius 2 is 0.893 bits per heavy atom. The zero-order valence-corrected chi connectivity index (χ0v) is 32.7. The van der Waals surface area contributed by atoms with E-state index in [1.165, 1.54) is 0 Å². The monoisotopic (exact) mass is 912 g/mol. The van der Waals surface area contributed by atoms with E-state index in [-0.39, 0.29) is 25.9 Å². The van der Waals surface area contributed by atoms with E-state index in [1.54, 1.807) is 29.9 Å². The van der Waals surface area contributed by atoms with Crippen molar-refractivity contribution in [3.63, 3.8) is 0 Å². The maximum absolute atomic E-state index is 9.13. The van der Waals surface area contributed by atoms with Gasteiger partial charge in [-0.2, -0.15) is 42.1 Å². The van der Waals surface area contributed by atoms with Gasteiger partial charge in [-0.05, 0) is 47.8 Å². The van der Waals surface area contributed by atoms with E-state index < -0.39 is 0 Å². The first-order valence-electron chi connectivity index (χ1n) is 17.3. The van der Waals surface area contributed by atoms with Crippen LogP contribution in [0.25, 0.3) is 71.6 Å². The molecule has 1 radical (unpaired) electrons. The van der Waals surface area contributed by atoms with Gasteiger partial charge in [0, 0.05) is 37.0 Å². The fraction of sp³-hybridized carbons (Fsp3) is 0.0444. The van der Waals surface area contributed by atoms with Gasteiger partial charge in [0.2, 0.25) is 0 Å². The van der Waals surface area contributed by atoms with Crippen LogP contribution in [0.2, 0.25) is 0 Å². The van der Waals surface area contributed by atoms with Gasteiger partial charge < -0.3 is 14.6 Å². The smallest absolute Gasteiger partial charge is 0.134 e. The minimum absolute atomic E-state index is 0. The summed E-state index contributed by atoms with van der Waals surface area (Å²) < 4.78 is 10.8. The Kier molecular flexibility index (Phi) is 11.1. The summed E-state index contributed by atoms with van der Waals surface area (Å²) in [6, 6.07) is 53.2.